The second-order valence-electron chi connectivity index (χ2n) is 5.84. The van der Waals surface area contributed by atoms with Crippen molar-refractivity contribution >= 4 is 35.6 Å². The lowest BCUT2D eigenvalue weighted by Gasteiger charge is -2.12. The number of halogens is 4. The molecular formula is C18H20F3IN6O. The van der Waals surface area contributed by atoms with Gasteiger partial charge in [0.2, 0.25) is 0 Å². The van der Waals surface area contributed by atoms with Crippen LogP contribution in [0.2, 0.25) is 0 Å². The van der Waals surface area contributed by atoms with Crippen LogP contribution in [-0.2, 0) is 13.0 Å². The Morgan fingerprint density at radius 2 is 1.86 bits per heavy atom. The summed E-state index contributed by atoms with van der Waals surface area (Å²) in [7, 11) is 1.65. The highest BCUT2D eigenvalue weighted by Gasteiger charge is 2.30. The van der Waals surface area contributed by atoms with Crippen LogP contribution in [0.5, 0.6) is 5.75 Å². The van der Waals surface area contributed by atoms with E-state index in [1.807, 2.05) is 28.8 Å². The summed E-state index contributed by atoms with van der Waals surface area (Å²) >= 11 is 0. The smallest absolute Gasteiger partial charge is 0.406 e. The lowest BCUT2D eigenvalue weighted by Crippen LogP contribution is -2.38. The highest BCUT2D eigenvalue weighted by molar-refractivity contribution is 14.0. The van der Waals surface area contributed by atoms with Crippen molar-refractivity contribution in [3.05, 3.63) is 60.0 Å². The monoisotopic (exact) mass is 520 g/mol. The van der Waals surface area contributed by atoms with Crippen molar-refractivity contribution in [1.82, 2.24) is 25.2 Å². The highest BCUT2D eigenvalue weighted by atomic mass is 127. The number of aliphatic imine (C=N–C) groups is 1. The number of hydrogen-bond donors (Lipinski definition) is 2. The van der Waals surface area contributed by atoms with Gasteiger partial charge in [-0.3, -0.25) is 9.39 Å². The molecule has 156 valence electrons. The van der Waals surface area contributed by atoms with Crippen LogP contribution in [0.4, 0.5) is 13.2 Å². The van der Waals surface area contributed by atoms with Crippen molar-refractivity contribution in [3.8, 4) is 5.75 Å². The number of guanidine groups is 1. The van der Waals surface area contributed by atoms with Gasteiger partial charge >= 0.3 is 6.36 Å². The highest BCUT2D eigenvalue weighted by Crippen LogP contribution is 2.22. The van der Waals surface area contributed by atoms with Gasteiger partial charge in [0, 0.05) is 19.8 Å². The molecule has 0 atom stereocenters. The molecule has 3 aromatic rings. The number of fused-ring (bicyclic) bond motifs is 1. The van der Waals surface area contributed by atoms with Crippen molar-refractivity contribution < 1.29 is 17.9 Å². The van der Waals surface area contributed by atoms with E-state index in [1.165, 1.54) is 12.1 Å². The van der Waals surface area contributed by atoms with E-state index in [0.29, 0.717) is 25.5 Å². The van der Waals surface area contributed by atoms with Crippen LogP contribution < -0.4 is 15.4 Å². The minimum absolute atomic E-state index is 0. The molecule has 0 amide bonds. The summed E-state index contributed by atoms with van der Waals surface area (Å²) in [6.45, 7) is 0.994. The van der Waals surface area contributed by atoms with Crippen molar-refractivity contribution in [1.29, 1.82) is 0 Å². The first-order chi connectivity index (χ1) is 13.4. The maximum absolute atomic E-state index is 12.2. The minimum Gasteiger partial charge on any atom is -0.406 e. The molecule has 0 saturated carbocycles. The minimum atomic E-state index is -4.68. The largest absolute Gasteiger partial charge is 0.573 e. The van der Waals surface area contributed by atoms with Gasteiger partial charge in [-0.15, -0.1) is 47.3 Å². The van der Waals surface area contributed by atoms with Gasteiger partial charge < -0.3 is 15.4 Å². The normalized spacial score (nSPS) is 11.8. The molecular weight excluding hydrogens is 500 g/mol. The standard InChI is InChI=1S/C18H19F3N6O.HI/c1-22-17(24-12-16-26-25-15-4-2-3-11-27(15)16)23-10-9-13-5-7-14(8-6-13)28-18(19,20)21;/h2-8,11H,9-10,12H2,1H3,(H2,22,23,24);1H. The predicted molar refractivity (Wildman–Crippen MR) is 113 cm³/mol. The molecule has 2 heterocycles. The molecule has 11 heteroatoms. The van der Waals surface area contributed by atoms with Crippen molar-refractivity contribution in [2.45, 2.75) is 19.3 Å². The fraction of sp³-hybridized carbons (Fsp3) is 0.278. The third kappa shape index (κ3) is 6.76. The molecule has 29 heavy (non-hydrogen) atoms. The van der Waals surface area contributed by atoms with Crippen molar-refractivity contribution in [2.24, 2.45) is 4.99 Å². The number of alkyl halides is 3. The molecule has 0 aliphatic rings. The molecule has 0 fully saturated rings. The van der Waals surface area contributed by atoms with E-state index in [9.17, 15) is 13.2 Å². The average Bonchev–Trinajstić information content (AvgIpc) is 3.08. The molecule has 0 saturated heterocycles. The Morgan fingerprint density at radius 3 is 2.55 bits per heavy atom. The van der Waals surface area contributed by atoms with Gasteiger partial charge in [0.15, 0.2) is 17.4 Å². The fourth-order valence-electron chi connectivity index (χ4n) is 2.58. The van der Waals surface area contributed by atoms with Gasteiger partial charge in [-0.2, -0.15) is 0 Å². The average molecular weight is 520 g/mol. The number of ether oxygens (including phenoxy) is 1. The lowest BCUT2D eigenvalue weighted by atomic mass is 10.1. The van der Waals surface area contributed by atoms with Gasteiger partial charge in [-0.25, -0.2) is 0 Å². The topological polar surface area (TPSA) is 75.8 Å². The van der Waals surface area contributed by atoms with Crippen LogP contribution in [0.15, 0.2) is 53.7 Å². The number of benzene rings is 1. The summed E-state index contributed by atoms with van der Waals surface area (Å²) in [4.78, 5) is 4.15. The van der Waals surface area contributed by atoms with Gasteiger partial charge in [0.05, 0.1) is 6.54 Å². The van der Waals surface area contributed by atoms with Crippen LogP contribution in [0, 0.1) is 0 Å². The third-order valence-electron chi connectivity index (χ3n) is 3.88. The Morgan fingerprint density at radius 1 is 1.10 bits per heavy atom. The first-order valence-corrected chi connectivity index (χ1v) is 8.52. The van der Waals surface area contributed by atoms with Gasteiger partial charge in [-0.1, -0.05) is 18.2 Å². The first kappa shape index (κ1) is 22.7. The molecule has 0 radical (unpaired) electrons. The first-order valence-electron chi connectivity index (χ1n) is 8.52. The molecule has 3 rings (SSSR count). The second-order valence-corrected chi connectivity index (χ2v) is 5.84. The molecule has 2 aromatic heterocycles. The molecule has 0 aliphatic carbocycles. The number of hydrogen-bond acceptors (Lipinski definition) is 4. The molecule has 7 nitrogen and oxygen atoms in total. The van der Waals surface area contributed by atoms with E-state index in [-0.39, 0.29) is 29.7 Å². The zero-order valence-electron chi connectivity index (χ0n) is 15.5. The molecule has 2 N–H and O–H groups in total. The quantitative estimate of drug-likeness (QED) is 0.297. The summed E-state index contributed by atoms with van der Waals surface area (Å²) in [5.41, 5.74) is 1.64. The SMILES string of the molecule is CN=C(NCCc1ccc(OC(F)(F)F)cc1)NCc1nnc2ccccn12.I. The number of rotatable bonds is 6. The van der Waals surface area contributed by atoms with E-state index in [2.05, 4.69) is 30.6 Å². The van der Waals surface area contributed by atoms with E-state index in [4.69, 9.17) is 0 Å². The van der Waals surface area contributed by atoms with Crippen LogP contribution in [0.1, 0.15) is 11.4 Å². The zero-order valence-corrected chi connectivity index (χ0v) is 17.8. The molecule has 1 aromatic carbocycles. The molecule has 0 spiro atoms. The Balaban J connectivity index is 0.00000300. The Kier molecular flexibility index (Phi) is 8.05. The molecule has 0 aliphatic heterocycles. The van der Waals surface area contributed by atoms with E-state index in [0.717, 1.165) is 17.0 Å². The lowest BCUT2D eigenvalue weighted by molar-refractivity contribution is -0.274. The van der Waals surface area contributed by atoms with Gasteiger partial charge in [0.25, 0.3) is 0 Å². The number of nitrogens with one attached hydrogen (secondary N) is 2. The fourth-order valence-corrected chi connectivity index (χ4v) is 2.58. The molecule has 0 bridgehead atoms. The Bertz CT molecular complexity index is 943. The second kappa shape index (κ2) is 10.3. The Labute approximate surface area is 182 Å². The number of pyridine rings is 1. The maximum atomic E-state index is 12.2. The third-order valence-corrected chi connectivity index (χ3v) is 3.88. The van der Waals surface area contributed by atoms with Crippen molar-refractivity contribution in [3.63, 3.8) is 0 Å². The van der Waals surface area contributed by atoms with E-state index < -0.39 is 6.36 Å². The van der Waals surface area contributed by atoms with Crippen LogP contribution in [0.25, 0.3) is 5.65 Å². The zero-order chi connectivity index (χ0) is 20.0. The van der Waals surface area contributed by atoms with Gasteiger partial charge in [-0.05, 0) is 36.2 Å². The summed E-state index contributed by atoms with van der Waals surface area (Å²) < 4.78 is 42.2. The summed E-state index contributed by atoms with van der Waals surface area (Å²) in [6.07, 6.45) is -2.19. The van der Waals surface area contributed by atoms with Gasteiger partial charge in [0.1, 0.15) is 5.75 Å². The van der Waals surface area contributed by atoms with Crippen LogP contribution in [0.3, 0.4) is 0 Å². The van der Waals surface area contributed by atoms with E-state index in [1.54, 1.807) is 19.2 Å². The Hall–Kier alpha value is -2.57. The van der Waals surface area contributed by atoms with Crippen molar-refractivity contribution in [2.75, 3.05) is 13.6 Å². The van der Waals surface area contributed by atoms with E-state index >= 15 is 0 Å². The maximum Gasteiger partial charge on any atom is 0.573 e. The summed E-state index contributed by atoms with van der Waals surface area (Å²) in [6, 6.07) is 11.5. The molecule has 0 unspecified atom stereocenters. The summed E-state index contributed by atoms with van der Waals surface area (Å²) in [5.74, 6) is 1.10. The number of nitrogens with zero attached hydrogens (tertiary/aromatic N) is 4. The van der Waals surface area contributed by atoms with Crippen LogP contribution in [-0.4, -0.2) is 40.5 Å². The summed E-state index contributed by atoms with van der Waals surface area (Å²) in [5, 5.41) is 14.5. The predicted octanol–water partition coefficient (Wildman–Crippen LogP) is 3.15. The number of aromatic nitrogens is 3. The van der Waals surface area contributed by atoms with Crippen LogP contribution >= 0.6 is 24.0 Å².